The lowest BCUT2D eigenvalue weighted by Crippen LogP contribution is -2.23. The summed E-state index contributed by atoms with van der Waals surface area (Å²) in [5.74, 6) is 0. The van der Waals surface area contributed by atoms with Gasteiger partial charge in [-0.3, -0.25) is 0 Å². The average molecular weight is 380 g/mol. The molecule has 2 heterocycles. The molecule has 0 radical (unpaired) electrons. The van der Waals surface area contributed by atoms with Crippen LogP contribution in [0.5, 0.6) is 0 Å². The highest BCUT2D eigenvalue weighted by molar-refractivity contribution is 4.69. The van der Waals surface area contributed by atoms with E-state index in [-0.39, 0.29) is 10.8 Å². The first-order valence-corrected chi connectivity index (χ1v) is 9.43. The summed E-state index contributed by atoms with van der Waals surface area (Å²) in [6.07, 6.45) is 6.10. The van der Waals surface area contributed by atoms with E-state index in [9.17, 15) is 0 Å². The van der Waals surface area contributed by atoms with Crippen molar-refractivity contribution in [3.63, 3.8) is 0 Å². The molecule has 0 aliphatic heterocycles. The number of aromatic nitrogens is 8. The zero-order chi connectivity index (χ0) is 19.6. The van der Waals surface area contributed by atoms with E-state index in [1.807, 2.05) is 0 Å². The molecule has 27 heavy (non-hydrogen) atoms. The Morgan fingerprint density at radius 2 is 1.15 bits per heavy atom. The Balaban J connectivity index is 1.45. The van der Waals surface area contributed by atoms with Gasteiger partial charge in [-0.25, -0.2) is 9.36 Å². The molecule has 0 bridgehead atoms. The van der Waals surface area contributed by atoms with E-state index in [1.54, 1.807) is 22.0 Å². The second-order valence-corrected chi connectivity index (χ2v) is 8.42. The maximum Gasteiger partial charge on any atom is 0.138 e. The molecule has 0 spiro atoms. The molecule has 10 nitrogen and oxygen atoms in total. The Hall–Kier alpha value is -1.94. The van der Waals surface area contributed by atoms with Crippen LogP contribution in [0.2, 0.25) is 0 Å². The van der Waals surface area contributed by atoms with Crippen molar-refractivity contribution >= 4 is 0 Å². The first-order chi connectivity index (χ1) is 12.9. The minimum Gasteiger partial charge on any atom is -0.381 e. The number of nitrogens with zero attached hydrogens (tertiary/aromatic N) is 8. The molecule has 0 aliphatic rings. The molecule has 152 valence electrons. The predicted octanol–water partition coefficient (Wildman–Crippen LogP) is 1.62. The summed E-state index contributed by atoms with van der Waals surface area (Å²) in [5.41, 5.74) is 0.189. The zero-order valence-corrected chi connectivity index (χ0v) is 16.9. The second-order valence-electron chi connectivity index (χ2n) is 8.42. The highest BCUT2D eigenvalue weighted by atomic mass is 16.5. The van der Waals surface area contributed by atoms with E-state index in [2.05, 4.69) is 58.7 Å². The van der Waals surface area contributed by atoms with Crippen molar-refractivity contribution in [2.75, 3.05) is 26.4 Å². The van der Waals surface area contributed by atoms with Crippen LogP contribution in [0.4, 0.5) is 0 Å². The van der Waals surface area contributed by atoms with Gasteiger partial charge in [0.1, 0.15) is 12.7 Å². The van der Waals surface area contributed by atoms with Crippen LogP contribution < -0.4 is 0 Å². The van der Waals surface area contributed by atoms with E-state index in [1.165, 1.54) is 0 Å². The minimum absolute atomic E-state index is 0.0943. The molecule has 0 aromatic carbocycles. The minimum atomic E-state index is 0.0943. The van der Waals surface area contributed by atoms with Gasteiger partial charge >= 0.3 is 0 Å². The maximum absolute atomic E-state index is 5.74. The van der Waals surface area contributed by atoms with Gasteiger partial charge < -0.3 is 9.47 Å². The van der Waals surface area contributed by atoms with Gasteiger partial charge in [0.2, 0.25) is 0 Å². The Morgan fingerprint density at radius 3 is 1.52 bits per heavy atom. The molecule has 2 rings (SSSR count). The molecule has 0 fully saturated rings. The van der Waals surface area contributed by atoms with Gasteiger partial charge in [-0.05, 0) is 50.9 Å². The fourth-order valence-electron chi connectivity index (χ4n) is 2.70. The van der Waals surface area contributed by atoms with E-state index < -0.39 is 0 Å². The zero-order valence-electron chi connectivity index (χ0n) is 16.9. The van der Waals surface area contributed by atoms with Crippen molar-refractivity contribution in [3.05, 3.63) is 12.7 Å². The second kappa shape index (κ2) is 10.4. The number of ether oxygens (including phenoxy) is 2. The largest absolute Gasteiger partial charge is 0.381 e. The highest BCUT2D eigenvalue weighted by Crippen LogP contribution is 2.23. The molecule has 0 aliphatic carbocycles. The third-order valence-corrected chi connectivity index (χ3v) is 4.39. The van der Waals surface area contributed by atoms with Crippen LogP contribution in [-0.4, -0.2) is 66.8 Å². The molecule has 0 amide bonds. The molecule has 0 atom stereocenters. The summed E-state index contributed by atoms with van der Waals surface area (Å²) in [4.78, 5) is 0. The Kier molecular flexibility index (Phi) is 8.23. The summed E-state index contributed by atoms with van der Waals surface area (Å²) in [5, 5.41) is 22.5. The fourth-order valence-corrected chi connectivity index (χ4v) is 2.70. The van der Waals surface area contributed by atoms with E-state index in [0.29, 0.717) is 0 Å². The van der Waals surface area contributed by atoms with Crippen molar-refractivity contribution in [1.82, 2.24) is 40.4 Å². The van der Waals surface area contributed by atoms with Gasteiger partial charge in [0.05, 0.1) is 0 Å². The molecule has 0 saturated carbocycles. The standard InChI is InChI=1S/C17H32N8O2/c1-16(2,12-24-14-18-20-22-24)6-10-26-8-5-9-27-11-7-17(3,4)13-25-15-19-21-23-25/h14-15H,5-13H2,1-4H3. The summed E-state index contributed by atoms with van der Waals surface area (Å²) in [6.45, 7) is 13.2. The van der Waals surface area contributed by atoms with E-state index in [0.717, 1.165) is 58.8 Å². The molecule has 2 aromatic rings. The molecular formula is C17H32N8O2. The van der Waals surface area contributed by atoms with Gasteiger partial charge in [-0.15, -0.1) is 10.2 Å². The van der Waals surface area contributed by atoms with Crippen LogP contribution >= 0.6 is 0 Å². The quantitative estimate of drug-likeness (QED) is 0.455. The lowest BCUT2D eigenvalue weighted by atomic mass is 9.90. The van der Waals surface area contributed by atoms with Crippen molar-refractivity contribution in [2.45, 2.75) is 60.0 Å². The number of hydrogen-bond donors (Lipinski definition) is 0. The third-order valence-electron chi connectivity index (χ3n) is 4.39. The molecule has 0 unspecified atom stereocenters. The number of hydrogen-bond acceptors (Lipinski definition) is 8. The van der Waals surface area contributed by atoms with Crippen molar-refractivity contribution in [2.24, 2.45) is 10.8 Å². The van der Waals surface area contributed by atoms with Gasteiger partial charge in [-0.1, -0.05) is 27.7 Å². The molecule has 2 aromatic heterocycles. The van der Waals surface area contributed by atoms with Crippen LogP contribution in [0.15, 0.2) is 12.7 Å². The maximum atomic E-state index is 5.74. The van der Waals surface area contributed by atoms with Crippen molar-refractivity contribution < 1.29 is 9.47 Å². The summed E-state index contributed by atoms with van der Waals surface area (Å²) >= 11 is 0. The number of rotatable bonds is 14. The third kappa shape index (κ3) is 9.00. The van der Waals surface area contributed by atoms with E-state index >= 15 is 0 Å². The Labute approximate surface area is 160 Å². The summed E-state index contributed by atoms with van der Waals surface area (Å²) in [6, 6.07) is 0. The van der Waals surface area contributed by atoms with Crippen molar-refractivity contribution in [1.29, 1.82) is 0 Å². The predicted molar refractivity (Wildman–Crippen MR) is 98.7 cm³/mol. The SMILES string of the molecule is CC(C)(CCOCCCOCCC(C)(C)Cn1cnnn1)Cn1cnnn1. The lowest BCUT2D eigenvalue weighted by molar-refractivity contribution is 0.0566. The van der Waals surface area contributed by atoms with Crippen LogP contribution in [-0.2, 0) is 22.6 Å². The van der Waals surface area contributed by atoms with Crippen molar-refractivity contribution in [3.8, 4) is 0 Å². The average Bonchev–Trinajstić information content (AvgIpc) is 3.26. The first kappa shape index (κ1) is 21.4. The van der Waals surface area contributed by atoms with Crippen LogP contribution in [0.1, 0.15) is 47.0 Å². The van der Waals surface area contributed by atoms with Gasteiger partial charge in [-0.2, -0.15) is 0 Å². The van der Waals surface area contributed by atoms with Crippen LogP contribution in [0, 0.1) is 10.8 Å². The number of tetrazole rings is 2. The lowest BCUT2D eigenvalue weighted by Gasteiger charge is -2.24. The van der Waals surface area contributed by atoms with Gasteiger partial charge in [0.15, 0.2) is 0 Å². The van der Waals surface area contributed by atoms with Gasteiger partial charge in [0, 0.05) is 39.5 Å². The smallest absolute Gasteiger partial charge is 0.138 e. The van der Waals surface area contributed by atoms with Crippen LogP contribution in [0.3, 0.4) is 0 Å². The topological polar surface area (TPSA) is 106 Å². The molecule has 0 N–H and O–H groups in total. The first-order valence-electron chi connectivity index (χ1n) is 9.43. The summed E-state index contributed by atoms with van der Waals surface area (Å²) in [7, 11) is 0. The molecule has 10 heteroatoms. The van der Waals surface area contributed by atoms with E-state index in [4.69, 9.17) is 9.47 Å². The Morgan fingerprint density at radius 1 is 0.704 bits per heavy atom. The molecule has 0 saturated heterocycles. The molecular weight excluding hydrogens is 348 g/mol. The fraction of sp³-hybridized carbons (Fsp3) is 0.882. The monoisotopic (exact) mass is 380 g/mol. The normalized spacial score (nSPS) is 12.6. The highest BCUT2D eigenvalue weighted by Gasteiger charge is 2.20. The van der Waals surface area contributed by atoms with Crippen LogP contribution in [0.25, 0.3) is 0 Å². The summed E-state index contributed by atoms with van der Waals surface area (Å²) < 4.78 is 15.0. The Bertz CT molecular complexity index is 559. The van der Waals surface area contributed by atoms with Gasteiger partial charge in [0.25, 0.3) is 0 Å².